The molecule has 1 aromatic heterocycles. The van der Waals surface area contributed by atoms with Crippen molar-refractivity contribution >= 4 is 33.2 Å². The van der Waals surface area contributed by atoms with Gasteiger partial charge in [-0.25, -0.2) is 8.42 Å². The van der Waals surface area contributed by atoms with E-state index in [4.69, 9.17) is 4.52 Å². The second kappa shape index (κ2) is 10.1. The van der Waals surface area contributed by atoms with Crippen molar-refractivity contribution in [3.05, 3.63) is 53.9 Å². The number of nitrogens with zero attached hydrogens (tertiary/aromatic N) is 3. The Kier molecular flexibility index (Phi) is 7.48. The van der Waals surface area contributed by atoms with Gasteiger partial charge in [0.15, 0.2) is 5.82 Å². The van der Waals surface area contributed by atoms with Crippen LogP contribution in [0, 0.1) is 6.92 Å². The van der Waals surface area contributed by atoms with Crippen LogP contribution in [0.3, 0.4) is 0 Å². The molecule has 11 heteroatoms. The van der Waals surface area contributed by atoms with E-state index in [0.29, 0.717) is 22.8 Å². The maximum Gasteiger partial charge on any atom is 0.260 e. The summed E-state index contributed by atoms with van der Waals surface area (Å²) in [5.74, 6) is 0.0969. The van der Waals surface area contributed by atoms with Crippen LogP contribution in [0.5, 0.6) is 0 Å². The van der Waals surface area contributed by atoms with E-state index < -0.39 is 22.5 Å². The molecule has 1 heterocycles. The van der Waals surface area contributed by atoms with E-state index in [-0.39, 0.29) is 22.6 Å². The maximum absolute atomic E-state index is 12.9. The van der Waals surface area contributed by atoms with Crippen molar-refractivity contribution in [3.63, 3.8) is 0 Å². The number of likely N-dealkylation sites (N-methyl/N-ethyl adjacent to an activating group) is 1. The molecule has 2 aromatic carbocycles. The lowest BCUT2D eigenvalue weighted by Gasteiger charge is -2.18. The predicted molar refractivity (Wildman–Crippen MR) is 128 cm³/mol. The van der Waals surface area contributed by atoms with Gasteiger partial charge in [-0.05, 0) is 42.8 Å². The van der Waals surface area contributed by atoms with E-state index in [2.05, 4.69) is 20.8 Å². The van der Waals surface area contributed by atoms with Crippen molar-refractivity contribution in [2.24, 2.45) is 0 Å². The van der Waals surface area contributed by atoms with Gasteiger partial charge in [-0.15, -0.1) is 0 Å². The highest BCUT2D eigenvalue weighted by atomic mass is 32.2. The van der Waals surface area contributed by atoms with Gasteiger partial charge >= 0.3 is 0 Å². The fourth-order valence-electron chi connectivity index (χ4n) is 3.15. The summed E-state index contributed by atoms with van der Waals surface area (Å²) < 4.78 is 32.1. The molecule has 2 amide bonds. The van der Waals surface area contributed by atoms with Crippen LogP contribution in [0.15, 0.2) is 51.9 Å². The molecule has 0 aliphatic heterocycles. The first kappa shape index (κ1) is 25.1. The quantitative estimate of drug-likeness (QED) is 0.499. The zero-order valence-electron chi connectivity index (χ0n) is 19.6. The second-order valence-corrected chi connectivity index (χ2v) is 10.2. The summed E-state index contributed by atoms with van der Waals surface area (Å²) in [7, 11) is -2.61. The van der Waals surface area contributed by atoms with Crippen molar-refractivity contribution in [1.82, 2.24) is 14.4 Å². The van der Waals surface area contributed by atoms with Crippen molar-refractivity contribution in [2.45, 2.75) is 38.5 Å². The third kappa shape index (κ3) is 5.67. The SMILES string of the molecule is CC(=O)Nc1ccc(S(=O)(=O)N(C)CC(=O)Nc2c(C)cccc2-c2nc(C(C)C)no2)cc1. The molecule has 0 atom stereocenters. The van der Waals surface area contributed by atoms with Gasteiger partial charge in [0.1, 0.15) is 0 Å². The van der Waals surface area contributed by atoms with E-state index in [0.717, 1.165) is 9.87 Å². The summed E-state index contributed by atoms with van der Waals surface area (Å²) in [5, 5.41) is 9.32. The predicted octanol–water partition coefficient (Wildman–Crippen LogP) is 3.39. The lowest BCUT2D eigenvalue weighted by atomic mass is 10.1. The lowest BCUT2D eigenvalue weighted by Crippen LogP contribution is -2.35. The summed E-state index contributed by atoms with van der Waals surface area (Å²) in [6, 6.07) is 11.1. The molecule has 0 spiro atoms. The Morgan fingerprint density at radius 2 is 1.76 bits per heavy atom. The zero-order valence-corrected chi connectivity index (χ0v) is 20.4. The van der Waals surface area contributed by atoms with Crippen LogP contribution >= 0.6 is 0 Å². The van der Waals surface area contributed by atoms with Gasteiger partial charge in [0.05, 0.1) is 22.7 Å². The highest BCUT2D eigenvalue weighted by Crippen LogP contribution is 2.30. The molecule has 0 saturated carbocycles. The highest BCUT2D eigenvalue weighted by molar-refractivity contribution is 7.89. The Hall–Kier alpha value is -3.57. The fraction of sp³-hybridized carbons (Fsp3) is 0.304. The minimum atomic E-state index is -3.93. The third-order valence-corrected chi connectivity index (χ3v) is 6.79. The van der Waals surface area contributed by atoms with Crippen LogP contribution in [0.25, 0.3) is 11.5 Å². The molecule has 0 aliphatic carbocycles. The smallest absolute Gasteiger partial charge is 0.260 e. The van der Waals surface area contributed by atoms with Crippen molar-refractivity contribution < 1.29 is 22.5 Å². The Bertz CT molecular complexity index is 1300. The number of anilines is 2. The molecule has 0 saturated heterocycles. The Morgan fingerprint density at radius 1 is 1.09 bits per heavy atom. The number of carbonyl (C=O) groups is 2. The van der Waals surface area contributed by atoms with Crippen LogP contribution in [-0.4, -0.2) is 48.3 Å². The summed E-state index contributed by atoms with van der Waals surface area (Å²) in [6.07, 6.45) is 0. The number of para-hydroxylation sites is 1. The average Bonchev–Trinajstić information content (AvgIpc) is 3.25. The van der Waals surface area contributed by atoms with Crippen molar-refractivity contribution in [2.75, 3.05) is 24.2 Å². The van der Waals surface area contributed by atoms with Crippen LogP contribution in [0.2, 0.25) is 0 Å². The first-order valence-corrected chi connectivity index (χ1v) is 12.0. The van der Waals surface area contributed by atoms with Gasteiger partial charge in [0.25, 0.3) is 5.89 Å². The molecule has 0 radical (unpaired) electrons. The van der Waals surface area contributed by atoms with Gasteiger partial charge in [0, 0.05) is 25.6 Å². The number of aryl methyl sites for hydroxylation is 1. The van der Waals surface area contributed by atoms with Crippen molar-refractivity contribution in [3.8, 4) is 11.5 Å². The number of benzene rings is 2. The van der Waals surface area contributed by atoms with Gasteiger partial charge < -0.3 is 15.2 Å². The van der Waals surface area contributed by atoms with E-state index in [1.165, 1.54) is 38.2 Å². The molecule has 0 unspecified atom stereocenters. The fourth-order valence-corrected chi connectivity index (χ4v) is 4.28. The summed E-state index contributed by atoms with van der Waals surface area (Å²) in [6.45, 7) is 6.65. The number of hydrogen-bond acceptors (Lipinski definition) is 7. The van der Waals surface area contributed by atoms with Gasteiger partial charge in [-0.2, -0.15) is 9.29 Å². The minimum absolute atomic E-state index is 0.000516. The average molecular weight is 486 g/mol. The molecule has 180 valence electrons. The van der Waals surface area contributed by atoms with Gasteiger partial charge in [-0.1, -0.05) is 31.1 Å². The Balaban J connectivity index is 1.77. The number of amides is 2. The van der Waals surface area contributed by atoms with Crippen molar-refractivity contribution in [1.29, 1.82) is 0 Å². The summed E-state index contributed by atoms with van der Waals surface area (Å²) in [5.41, 5.74) is 2.25. The van der Waals surface area contributed by atoms with Crippen LogP contribution in [-0.2, 0) is 19.6 Å². The first-order chi connectivity index (χ1) is 16.0. The number of nitrogens with one attached hydrogen (secondary N) is 2. The molecular weight excluding hydrogens is 458 g/mol. The molecule has 3 aromatic rings. The summed E-state index contributed by atoms with van der Waals surface area (Å²) >= 11 is 0. The van der Waals surface area contributed by atoms with E-state index in [1.807, 2.05) is 26.8 Å². The zero-order chi connectivity index (χ0) is 25.0. The van der Waals surface area contributed by atoms with Crippen LogP contribution in [0.1, 0.15) is 38.1 Å². The topological polar surface area (TPSA) is 134 Å². The van der Waals surface area contributed by atoms with E-state index in [1.54, 1.807) is 12.1 Å². The van der Waals surface area contributed by atoms with Gasteiger partial charge in [-0.3, -0.25) is 9.59 Å². The molecule has 0 aliphatic rings. The largest absolute Gasteiger partial charge is 0.334 e. The lowest BCUT2D eigenvalue weighted by molar-refractivity contribution is -0.116. The number of aromatic nitrogens is 2. The molecular formula is C23H27N5O5S. The Labute approximate surface area is 198 Å². The number of carbonyl (C=O) groups excluding carboxylic acids is 2. The Morgan fingerprint density at radius 3 is 2.35 bits per heavy atom. The third-order valence-electron chi connectivity index (χ3n) is 4.97. The maximum atomic E-state index is 12.9. The molecule has 0 fully saturated rings. The summed E-state index contributed by atoms with van der Waals surface area (Å²) in [4.78, 5) is 28.3. The molecule has 0 bridgehead atoms. The minimum Gasteiger partial charge on any atom is -0.334 e. The number of rotatable bonds is 8. The normalized spacial score (nSPS) is 11.6. The van der Waals surface area contributed by atoms with E-state index in [9.17, 15) is 18.0 Å². The molecule has 10 nitrogen and oxygen atoms in total. The van der Waals surface area contributed by atoms with E-state index >= 15 is 0 Å². The van der Waals surface area contributed by atoms with Crippen LogP contribution in [0.4, 0.5) is 11.4 Å². The standard InChI is InChI=1S/C23H27N5O5S/c1-14(2)22-26-23(33-27-22)19-8-6-7-15(3)21(19)25-20(30)13-28(5)34(31,32)18-11-9-17(10-12-18)24-16(4)29/h6-12,14H,13H2,1-5H3,(H,24,29)(H,25,30). The highest BCUT2D eigenvalue weighted by Gasteiger charge is 2.24. The second-order valence-electron chi connectivity index (χ2n) is 8.12. The van der Waals surface area contributed by atoms with Crippen LogP contribution < -0.4 is 10.6 Å². The number of sulfonamides is 1. The monoisotopic (exact) mass is 485 g/mol. The molecule has 2 N–H and O–H groups in total. The first-order valence-electron chi connectivity index (χ1n) is 10.6. The molecule has 34 heavy (non-hydrogen) atoms. The number of hydrogen-bond donors (Lipinski definition) is 2. The van der Waals surface area contributed by atoms with Gasteiger partial charge in [0.2, 0.25) is 21.8 Å². The molecule has 3 rings (SSSR count).